The minimum atomic E-state index is -0.336. The number of aromatic nitrogens is 1. The molecule has 2 aromatic carbocycles. The number of nitrogens with zero attached hydrogens (tertiary/aromatic N) is 2. The van der Waals surface area contributed by atoms with E-state index in [1.165, 1.54) is 16.7 Å². The predicted octanol–water partition coefficient (Wildman–Crippen LogP) is 5.46. The Hall–Kier alpha value is -2.60. The Morgan fingerprint density at radius 1 is 0.862 bits per heavy atom. The zero-order valence-electron chi connectivity index (χ0n) is 15.0. The lowest BCUT2D eigenvalue weighted by Crippen LogP contribution is -2.30. The highest BCUT2D eigenvalue weighted by atomic mass is 35.5. The fourth-order valence-electron chi connectivity index (χ4n) is 2.96. The van der Waals surface area contributed by atoms with Crippen molar-refractivity contribution in [2.45, 2.75) is 11.4 Å². The van der Waals surface area contributed by atoms with Crippen LogP contribution in [0.15, 0.2) is 82.9 Å². The Kier molecular flexibility index (Phi) is 5.72. The normalized spacial score (nSPS) is 14.1. The number of hydrogen-bond acceptors (Lipinski definition) is 4. The quantitative estimate of drug-likeness (QED) is 0.494. The minimum Gasteiger partial charge on any atom is -0.269 e. The van der Waals surface area contributed by atoms with E-state index in [1.807, 2.05) is 18.2 Å². The van der Waals surface area contributed by atoms with Gasteiger partial charge in [0, 0.05) is 27.3 Å². The topological polar surface area (TPSA) is 50.3 Å². The molecule has 2 heterocycles. The maximum absolute atomic E-state index is 13.2. The summed E-state index contributed by atoms with van der Waals surface area (Å²) in [6, 6.07) is 17.7. The third kappa shape index (κ3) is 4.22. The summed E-state index contributed by atoms with van der Waals surface area (Å²) in [7, 11) is 0. The van der Waals surface area contributed by atoms with Crippen LogP contribution in [0.3, 0.4) is 0 Å². The molecule has 0 N–H and O–H groups in total. The molecule has 0 bridgehead atoms. The summed E-state index contributed by atoms with van der Waals surface area (Å²) in [5.41, 5.74) is 1.80. The van der Waals surface area contributed by atoms with Crippen molar-refractivity contribution in [3.05, 3.63) is 99.1 Å². The van der Waals surface area contributed by atoms with Gasteiger partial charge in [-0.1, -0.05) is 53.2 Å². The monoisotopic (exact) mass is 440 g/mol. The van der Waals surface area contributed by atoms with Crippen LogP contribution in [0.25, 0.3) is 5.57 Å². The summed E-state index contributed by atoms with van der Waals surface area (Å²) in [5, 5.41) is 1.17. The Morgan fingerprint density at radius 3 is 2.14 bits per heavy atom. The van der Waals surface area contributed by atoms with Gasteiger partial charge in [-0.2, -0.15) is 0 Å². The molecule has 0 unspecified atom stereocenters. The second-order valence-corrected chi connectivity index (χ2v) is 8.28. The third-order valence-electron chi connectivity index (χ3n) is 4.36. The van der Waals surface area contributed by atoms with Crippen LogP contribution in [-0.2, 0) is 16.1 Å². The van der Waals surface area contributed by atoms with E-state index >= 15 is 0 Å². The standard InChI is InChI=1S/C22H14Cl2N2O2S/c23-16-5-3-15(4-6-16)19-20(29-18-9-7-17(24)8-10-18)22(28)26(21(19)27)13-14-2-1-11-25-12-14/h1-12H,13H2. The fourth-order valence-corrected chi connectivity index (χ4v) is 4.22. The smallest absolute Gasteiger partial charge is 0.268 e. The van der Waals surface area contributed by atoms with Crippen molar-refractivity contribution >= 4 is 52.4 Å². The molecule has 1 aromatic heterocycles. The van der Waals surface area contributed by atoms with Crippen LogP contribution in [0.4, 0.5) is 0 Å². The summed E-state index contributed by atoms with van der Waals surface area (Å²) in [6.07, 6.45) is 3.29. The average Bonchev–Trinajstić information content (AvgIpc) is 2.95. The van der Waals surface area contributed by atoms with E-state index in [2.05, 4.69) is 4.98 Å². The summed E-state index contributed by atoms with van der Waals surface area (Å²) in [5.74, 6) is -0.665. The Bertz CT molecular complexity index is 1100. The SMILES string of the molecule is O=C1C(Sc2ccc(Cl)cc2)=C(c2ccc(Cl)cc2)C(=O)N1Cc1cccnc1. The average molecular weight is 441 g/mol. The molecule has 0 aliphatic carbocycles. The molecule has 7 heteroatoms. The highest BCUT2D eigenvalue weighted by Crippen LogP contribution is 2.40. The van der Waals surface area contributed by atoms with Gasteiger partial charge in [0.25, 0.3) is 11.8 Å². The van der Waals surface area contributed by atoms with Crippen molar-refractivity contribution in [2.24, 2.45) is 0 Å². The first-order chi connectivity index (χ1) is 14.0. The van der Waals surface area contributed by atoms with E-state index in [9.17, 15) is 9.59 Å². The number of carbonyl (C=O) groups excluding carboxylic acids is 2. The lowest BCUT2D eigenvalue weighted by atomic mass is 10.1. The minimum absolute atomic E-state index is 0.160. The molecule has 144 valence electrons. The van der Waals surface area contributed by atoms with Crippen molar-refractivity contribution in [2.75, 3.05) is 0 Å². The molecule has 0 fully saturated rings. The molecule has 0 atom stereocenters. The first-order valence-corrected chi connectivity index (χ1v) is 10.3. The van der Waals surface area contributed by atoms with E-state index in [4.69, 9.17) is 23.2 Å². The molecule has 1 aliphatic heterocycles. The Morgan fingerprint density at radius 2 is 1.52 bits per heavy atom. The van der Waals surface area contributed by atoms with Gasteiger partial charge in [0.2, 0.25) is 0 Å². The summed E-state index contributed by atoms with van der Waals surface area (Å²) >= 11 is 13.2. The predicted molar refractivity (Wildman–Crippen MR) is 115 cm³/mol. The number of rotatable bonds is 5. The number of halogens is 2. The van der Waals surface area contributed by atoms with E-state index < -0.39 is 0 Å². The van der Waals surface area contributed by atoms with Gasteiger partial charge < -0.3 is 0 Å². The van der Waals surface area contributed by atoms with Gasteiger partial charge in [0.1, 0.15) is 0 Å². The van der Waals surface area contributed by atoms with E-state index in [1.54, 1.807) is 54.9 Å². The number of thioether (sulfide) groups is 1. The molecule has 0 radical (unpaired) electrons. The van der Waals surface area contributed by atoms with Crippen LogP contribution >= 0.6 is 35.0 Å². The van der Waals surface area contributed by atoms with Gasteiger partial charge in [0.15, 0.2) is 0 Å². The number of hydrogen-bond donors (Lipinski definition) is 0. The van der Waals surface area contributed by atoms with Crippen molar-refractivity contribution in [3.8, 4) is 0 Å². The van der Waals surface area contributed by atoms with Gasteiger partial charge in [-0.05, 0) is 53.6 Å². The molecule has 1 aliphatic rings. The van der Waals surface area contributed by atoms with E-state index in [0.29, 0.717) is 26.1 Å². The van der Waals surface area contributed by atoms with E-state index in [-0.39, 0.29) is 18.4 Å². The summed E-state index contributed by atoms with van der Waals surface area (Å²) < 4.78 is 0. The van der Waals surface area contributed by atoms with Gasteiger partial charge in [-0.25, -0.2) is 0 Å². The summed E-state index contributed by atoms with van der Waals surface area (Å²) in [6.45, 7) is 0.160. The number of amides is 2. The fraction of sp³-hybridized carbons (Fsp3) is 0.0455. The molecule has 4 nitrogen and oxygen atoms in total. The van der Waals surface area contributed by atoms with Crippen LogP contribution in [0.1, 0.15) is 11.1 Å². The van der Waals surface area contributed by atoms with Gasteiger partial charge in [-0.3, -0.25) is 19.5 Å². The highest BCUT2D eigenvalue weighted by Gasteiger charge is 2.39. The molecular formula is C22H14Cl2N2O2S. The second kappa shape index (κ2) is 8.41. The third-order valence-corrected chi connectivity index (χ3v) is 5.95. The molecule has 3 aromatic rings. The molecule has 0 saturated carbocycles. The van der Waals surface area contributed by atoms with Crippen LogP contribution < -0.4 is 0 Å². The van der Waals surface area contributed by atoms with Gasteiger partial charge >= 0.3 is 0 Å². The van der Waals surface area contributed by atoms with Crippen LogP contribution in [0.2, 0.25) is 10.0 Å². The number of carbonyl (C=O) groups is 2. The number of benzene rings is 2. The van der Waals surface area contributed by atoms with Gasteiger partial charge in [0.05, 0.1) is 17.0 Å². The number of pyridine rings is 1. The van der Waals surface area contributed by atoms with Crippen molar-refractivity contribution < 1.29 is 9.59 Å². The first kappa shape index (κ1) is 19.7. The number of imide groups is 1. The Labute approximate surface area is 182 Å². The largest absolute Gasteiger partial charge is 0.269 e. The summed E-state index contributed by atoms with van der Waals surface area (Å²) in [4.78, 5) is 32.9. The molecule has 0 saturated heterocycles. The maximum atomic E-state index is 13.2. The molecule has 4 rings (SSSR count). The second-order valence-electron chi connectivity index (χ2n) is 6.32. The molecule has 29 heavy (non-hydrogen) atoms. The zero-order chi connectivity index (χ0) is 20.4. The highest BCUT2D eigenvalue weighted by molar-refractivity contribution is 8.04. The maximum Gasteiger partial charge on any atom is 0.268 e. The van der Waals surface area contributed by atoms with Crippen molar-refractivity contribution in [3.63, 3.8) is 0 Å². The van der Waals surface area contributed by atoms with E-state index in [0.717, 1.165) is 10.5 Å². The zero-order valence-corrected chi connectivity index (χ0v) is 17.3. The van der Waals surface area contributed by atoms with Crippen LogP contribution in [0, 0.1) is 0 Å². The molecule has 2 amide bonds. The molecule has 0 spiro atoms. The lowest BCUT2D eigenvalue weighted by Gasteiger charge is -2.15. The van der Waals surface area contributed by atoms with Crippen LogP contribution in [-0.4, -0.2) is 21.7 Å². The molecular weight excluding hydrogens is 427 g/mol. The Balaban J connectivity index is 1.74. The first-order valence-electron chi connectivity index (χ1n) is 8.71. The van der Waals surface area contributed by atoms with Crippen LogP contribution in [0.5, 0.6) is 0 Å². The van der Waals surface area contributed by atoms with Crippen molar-refractivity contribution in [1.82, 2.24) is 9.88 Å². The van der Waals surface area contributed by atoms with Crippen molar-refractivity contribution in [1.29, 1.82) is 0 Å². The lowest BCUT2D eigenvalue weighted by molar-refractivity contribution is -0.137. The van der Waals surface area contributed by atoms with Gasteiger partial charge in [-0.15, -0.1) is 0 Å².